The number of ketones is 1. The second-order valence-electron chi connectivity index (χ2n) is 12.1. The van der Waals surface area contributed by atoms with E-state index >= 15 is 0 Å². The van der Waals surface area contributed by atoms with Crippen LogP contribution >= 0.6 is 35.2 Å². The van der Waals surface area contributed by atoms with Crippen LogP contribution in [0.15, 0.2) is 12.7 Å². The van der Waals surface area contributed by atoms with Crippen molar-refractivity contribution in [1.29, 1.82) is 0 Å². The quantitative estimate of drug-likeness (QED) is 0.0455. The Labute approximate surface area is 310 Å². The van der Waals surface area contributed by atoms with Gasteiger partial charge >= 0.3 is 0 Å². The number of carbonyl (C=O) groups excluding carboxylic acids is 4. The molecule has 0 aromatic carbocycles. The van der Waals surface area contributed by atoms with Gasteiger partial charge in [0.1, 0.15) is 42.0 Å². The first kappa shape index (κ1) is 45.6. The van der Waals surface area contributed by atoms with E-state index in [1.165, 1.54) is 20.8 Å². The highest BCUT2D eigenvalue weighted by atomic mass is 32.2. The Hall–Kier alpha value is -2.77. The molecule has 1 fully saturated rings. The Bertz CT molecular complexity index is 1830. The van der Waals surface area contributed by atoms with Crippen LogP contribution < -0.4 is 35.9 Å². The number of nitrogens with two attached hydrogens (primary N) is 1. The lowest BCUT2D eigenvalue weighted by atomic mass is 9.87. The Morgan fingerprint density at radius 3 is 2.39 bits per heavy atom. The van der Waals surface area contributed by atoms with E-state index in [0.29, 0.717) is 0 Å². The van der Waals surface area contributed by atoms with E-state index in [-0.39, 0.29) is 59.6 Å². The molecule has 29 heteroatoms. The second kappa shape index (κ2) is 18.9. The standard InChI is InChI=1S/C25H40N7O18P3S/c1-13(33)8-16(35)54-7-6-27-15(34)4-5-28-23(38)20(37)25(2,3)10-47-53(44,45)50-52(42,43)46-9-14-19(49-51(39,40)41)18(36)24(48-14)32-12-31-17-21(26)29-11-30-22(17)32/h11-12,14,18-20,24,36-37H,4-10H2,1-3H3,(H,27,34)(H,28,38)(H,42,43)(H,44,45)(H2,26,29,30)(H2,39,40,41)/p-4. The lowest BCUT2D eigenvalue weighted by Gasteiger charge is -2.36. The van der Waals surface area contributed by atoms with Crippen molar-refractivity contribution in [3.8, 4) is 0 Å². The monoisotopic (exact) mass is 847 g/mol. The fourth-order valence-electron chi connectivity index (χ4n) is 4.53. The molecule has 1 aliphatic heterocycles. The van der Waals surface area contributed by atoms with Gasteiger partial charge in [-0.15, -0.1) is 0 Å². The van der Waals surface area contributed by atoms with E-state index in [4.69, 9.17) is 10.5 Å². The summed E-state index contributed by atoms with van der Waals surface area (Å²) in [5.74, 6) is -1.72. The van der Waals surface area contributed by atoms with Crippen LogP contribution in [0.25, 0.3) is 11.2 Å². The molecule has 2 amide bonds. The predicted molar refractivity (Wildman–Crippen MR) is 174 cm³/mol. The highest BCUT2D eigenvalue weighted by Crippen LogP contribution is 2.56. The number of phosphoric ester groups is 3. The first-order chi connectivity index (χ1) is 24.9. The zero-order valence-corrected chi connectivity index (χ0v) is 32.0. The molecule has 25 nitrogen and oxygen atoms in total. The van der Waals surface area contributed by atoms with Crippen LogP contribution in [0.3, 0.4) is 0 Å². The minimum Gasteiger partial charge on any atom is -0.790 e. The van der Waals surface area contributed by atoms with Gasteiger partial charge in [0.25, 0.3) is 15.6 Å². The van der Waals surface area contributed by atoms with Crippen molar-refractivity contribution >= 4 is 74.9 Å². The van der Waals surface area contributed by atoms with E-state index < -0.39 is 84.6 Å². The van der Waals surface area contributed by atoms with Crippen molar-refractivity contribution in [2.45, 2.75) is 64.3 Å². The van der Waals surface area contributed by atoms with Gasteiger partial charge in [-0.1, -0.05) is 25.6 Å². The minimum atomic E-state index is -5.92. The fourth-order valence-corrected chi connectivity index (χ4v) is 8.00. The molecule has 0 spiro atoms. The number of aliphatic hydroxyl groups excluding tert-OH is 2. The smallest absolute Gasteiger partial charge is 0.274 e. The molecule has 6 N–H and O–H groups in total. The highest BCUT2D eigenvalue weighted by molar-refractivity contribution is 8.13. The fraction of sp³-hybridized carbons (Fsp3) is 0.640. The molecular weight excluding hydrogens is 811 g/mol. The number of aliphatic hydroxyl groups is 2. The molecule has 0 radical (unpaired) electrons. The Morgan fingerprint density at radius 2 is 1.74 bits per heavy atom. The summed E-state index contributed by atoms with van der Waals surface area (Å²) in [7, 11) is -17.6. The highest BCUT2D eigenvalue weighted by Gasteiger charge is 2.47. The van der Waals surface area contributed by atoms with Crippen LogP contribution in [0.5, 0.6) is 0 Å². The van der Waals surface area contributed by atoms with Crippen molar-refractivity contribution in [1.82, 2.24) is 30.2 Å². The van der Waals surface area contributed by atoms with Crippen molar-refractivity contribution in [3.05, 3.63) is 12.7 Å². The van der Waals surface area contributed by atoms with Crippen LogP contribution in [0, 0.1) is 5.41 Å². The third kappa shape index (κ3) is 13.8. The number of phosphoric acid groups is 3. The van der Waals surface area contributed by atoms with Gasteiger partial charge in [0.15, 0.2) is 22.8 Å². The minimum absolute atomic E-state index is 0.0279. The Kier molecular flexibility index (Phi) is 16.0. The van der Waals surface area contributed by atoms with Gasteiger partial charge in [0, 0.05) is 30.7 Å². The van der Waals surface area contributed by atoms with Crippen LogP contribution in [0.2, 0.25) is 0 Å². The maximum absolute atomic E-state index is 12.5. The first-order valence-electron chi connectivity index (χ1n) is 15.4. The number of imidazole rings is 1. The number of fused-ring (bicyclic) bond motifs is 1. The predicted octanol–water partition coefficient (Wildman–Crippen LogP) is -3.88. The molecule has 3 heterocycles. The maximum atomic E-state index is 12.5. The van der Waals surface area contributed by atoms with E-state index in [9.17, 15) is 62.7 Å². The Balaban J connectivity index is 1.51. The normalized spacial score (nSPS) is 21.9. The van der Waals surface area contributed by atoms with Crippen molar-refractivity contribution in [2.75, 3.05) is 37.8 Å². The molecule has 1 saturated heterocycles. The summed E-state index contributed by atoms with van der Waals surface area (Å²) >= 11 is 0.866. The number of hydrogen-bond donors (Lipinski definition) is 5. The van der Waals surface area contributed by atoms with E-state index in [1.807, 2.05) is 0 Å². The number of rotatable bonds is 21. The zero-order chi connectivity index (χ0) is 40.6. The topological polar surface area (TPSA) is 392 Å². The summed E-state index contributed by atoms with van der Waals surface area (Å²) in [5, 5.41) is 25.6. The van der Waals surface area contributed by atoms with Crippen LogP contribution in [-0.2, 0) is 55.5 Å². The molecule has 54 heavy (non-hydrogen) atoms. The molecule has 2 aromatic heterocycles. The van der Waals surface area contributed by atoms with Crippen LogP contribution in [0.1, 0.15) is 39.8 Å². The average molecular weight is 848 g/mol. The number of thioether (sulfide) groups is 1. The van der Waals surface area contributed by atoms with Gasteiger partial charge in [-0.25, -0.2) is 19.3 Å². The van der Waals surface area contributed by atoms with Crippen molar-refractivity contribution in [3.63, 3.8) is 0 Å². The molecule has 304 valence electrons. The van der Waals surface area contributed by atoms with E-state index in [1.54, 1.807) is 0 Å². The van der Waals surface area contributed by atoms with E-state index in [2.05, 4.69) is 43.5 Å². The molecule has 2 aromatic rings. The molecule has 0 saturated carbocycles. The first-order valence-corrected chi connectivity index (χ1v) is 20.7. The van der Waals surface area contributed by atoms with Gasteiger partial charge in [0.2, 0.25) is 11.8 Å². The summed E-state index contributed by atoms with van der Waals surface area (Å²) in [6.07, 6.45) is -7.92. The SMILES string of the molecule is CC(=O)CC(=O)SCCNC(=O)CCNC(=O)C(O)C(C)(C)COP(=O)([O-])OP(=O)([O-])OCC1OC(n2cnc3c(N)ncnc32)C(O)C1OP(=O)([O-])[O-]. The number of nitrogen functional groups attached to an aromatic ring is 1. The molecule has 1 aliphatic rings. The largest absolute Gasteiger partial charge is 0.790 e. The number of aromatic nitrogens is 4. The Morgan fingerprint density at radius 1 is 1.07 bits per heavy atom. The van der Waals surface area contributed by atoms with Gasteiger partial charge in [-0.3, -0.25) is 32.9 Å². The summed E-state index contributed by atoms with van der Waals surface area (Å²) in [6, 6.07) is 0. The number of anilines is 1. The molecule has 0 aliphatic carbocycles. The van der Waals surface area contributed by atoms with Crippen LogP contribution in [-0.4, -0.2) is 109 Å². The number of nitrogens with one attached hydrogen (secondary N) is 2. The molecule has 0 bridgehead atoms. The molecule has 7 atom stereocenters. The molecular formula is C25H36N7O18P3S-4. The lowest BCUT2D eigenvalue weighted by molar-refractivity contribution is -0.347. The number of Topliss-reactive ketones (excluding diaryl/α,β-unsaturated/α-hetero) is 1. The summed E-state index contributed by atoms with van der Waals surface area (Å²) in [4.78, 5) is 106. The number of amides is 2. The van der Waals surface area contributed by atoms with E-state index in [0.717, 1.165) is 29.0 Å². The number of hydrogen-bond acceptors (Lipinski definition) is 23. The van der Waals surface area contributed by atoms with Gasteiger partial charge < -0.3 is 69.0 Å². The number of nitrogens with zero attached hydrogens (tertiary/aromatic N) is 4. The summed E-state index contributed by atoms with van der Waals surface area (Å²) < 4.78 is 60.3. The molecule has 3 rings (SSSR count). The second-order valence-corrected chi connectivity index (χ2v) is 17.3. The average Bonchev–Trinajstić information content (AvgIpc) is 3.60. The van der Waals surface area contributed by atoms with Gasteiger partial charge in [0.05, 0.1) is 33.8 Å². The summed E-state index contributed by atoms with van der Waals surface area (Å²) in [6.45, 7) is 1.17. The third-order valence-corrected chi connectivity index (χ3v) is 11.0. The lowest BCUT2D eigenvalue weighted by Crippen LogP contribution is -2.46. The zero-order valence-electron chi connectivity index (χ0n) is 28.5. The molecule has 7 unspecified atom stereocenters. The van der Waals surface area contributed by atoms with Gasteiger partial charge in [-0.05, 0) is 6.92 Å². The summed E-state index contributed by atoms with van der Waals surface area (Å²) in [5.41, 5.74) is 4.03. The third-order valence-electron chi connectivity index (χ3n) is 7.13. The number of ether oxygens (including phenoxy) is 1. The van der Waals surface area contributed by atoms with Crippen molar-refractivity contribution in [2.24, 2.45) is 5.41 Å². The van der Waals surface area contributed by atoms with Crippen LogP contribution in [0.4, 0.5) is 5.82 Å². The maximum Gasteiger partial charge on any atom is 0.274 e. The van der Waals surface area contributed by atoms with Gasteiger partial charge in [-0.2, -0.15) is 0 Å². The van der Waals surface area contributed by atoms with Crippen molar-refractivity contribution < 1.29 is 85.3 Å². The number of carbonyl (C=O) groups is 4.